The van der Waals surface area contributed by atoms with Crippen molar-refractivity contribution in [3.05, 3.63) is 30.1 Å². The molecule has 1 aromatic carbocycles. The van der Waals surface area contributed by atoms with Gasteiger partial charge in [0.1, 0.15) is 5.82 Å². The highest BCUT2D eigenvalue weighted by Gasteiger charge is 2.05. The van der Waals surface area contributed by atoms with Crippen molar-refractivity contribution in [2.45, 2.75) is 13.3 Å². The van der Waals surface area contributed by atoms with Gasteiger partial charge in [-0.25, -0.2) is 4.98 Å². The number of hydrogen-bond donors (Lipinski definition) is 2. The van der Waals surface area contributed by atoms with Crippen LogP contribution in [0.2, 0.25) is 0 Å². The normalized spacial score (nSPS) is 10.3. The minimum atomic E-state index is 0.249. The van der Waals surface area contributed by atoms with Crippen molar-refractivity contribution in [2.75, 3.05) is 11.5 Å². The molecule has 0 radical (unpaired) electrons. The van der Waals surface area contributed by atoms with Crippen molar-refractivity contribution in [2.24, 2.45) is 0 Å². The Balaban J connectivity index is 2.47. The molecule has 1 heterocycles. The second kappa shape index (κ2) is 4.14. The summed E-state index contributed by atoms with van der Waals surface area (Å²) in [4.78, 5) is 12.4. The highest BCUT2D eigenvalue weighted by Crippen LogP contribution is 2.17. The third-order valence-electron chi connectivity index (χ3n) is 2.18. The van der Waals surface area contributed by atoms with E-state index in [0.717, 1.165) is 12.0 Å². The third kappa shape index (κ3) is 2.08. The predicted molar refractivity (Wildman–Crippen MR) is 63.5 cm³/mol. The minimum Gasteiger partial charge on any atom is -0.399 e. The van der Waals surface area contributed by atoms with E-state index in [-0.39, 0.29) is 5.95 Å². The van der Waals surface area contributed by atoms with E-state index in [1.54, 1.807) is 12.1 Å². The van der Waals surface area contributed by atoms with Crippen LogP contribution in [0.5, 0.6) is 0 Å². The zero-order valence-corrected chi connectivity index (χ0v) is 9.01. The van der Waals surface area contributed by atoms with Crippen LogP contribution in [0, 0.1) is 0 Å². The zero-order chi connectivity index (χ0) is 11.5. The van der Waals surface area contributed by atoms with E-state index in [1.165, 1.54) is 0 Å². The SMILES string of the molecule is CCc1nc(N)nc(-c2ccc(N)cc2)n1. The van der Waals surface area contributed by atoms with Gasteiger partial charge in [-0.05, 0) is 24.3 Å². The zero-order valence-electron chi connectivity index (χ0n) is 9.01. The number of nitrogen functional groups attached to an aromatic ring is 2. The van der Waals surface area contributed by atoms with E-state index in [4.69, 9.17) is 11.5 Å². The van der Waals surface area contributed by atoms with Gasteiger partial charge in [0.2, 0.25) is 5.95 Å². The molecule has 0 atom stereocenters. The van der Waals surface area contributed by atoms with Crippen molar-refractivity contribution >= 4 is 11.6 Å². The van der Waals surface area contributed by atoms with Gasteiger partial charge < -0.3 is 11.5 Å². The van der Waals surface area contributed by atoms with Gasteiger partial charge in [-0.2, -0.15) is 9.97 Å². The second-order valence-corrected chi connectivity index (χ2v) is 3.41. The Morgan fingerprint density at radius 1 is 1.00 bits per heavy atom. The van der Waals surface area contributed by atoms with Crippen molar-refractivity contribution in [3.63, 3.8) is 0 Å². The summed E-state index contributed by atoms with van der Waals surface area (Å²) in [6, 6.07) is 7.34. The second-order valence-electron chi connectivity index (χ2n) is 3.41. The van der Waals surface area contributed by atoms with Gasteiger partial charge in [0.05, 0.1) is 0 Å². The summed E-state index contributed by atoms with van der Waals surface area (Å²) in [5.74, 6) is 1.53. The Hall–Kier alpha value is -2.17. The number of aromatic nitrogens is 3. The summed E-state index contributed by atoms with van der Waals surface area (Å²) < 4.78 is 0. The van der Waals surface area contributed by atoms with E-state index < -0.39 is 0 Å². The van der Waals surface area contributed by atoms with Crippen LogP contribution in [0.4, 0.5) is 11.6 Å². The number of benzene rings is 1. The van der Waals surface area contributed by atoms with Crippen LogP contribution in [0.1, 0.15) is 12.7 Å². The molecule has 0 amide bonds. The van der Waals surface area contributed by atoms with E-state index in [9.17, 15) is 0 Å². The van der Waals surface area contributed by atoms with Gasteiger partial charge in [-0.3, -0.25) is 0 Å². The molecule has 0 spiro atoms. The van der Waals surface area contributed by atoms with Crippen molar-refractivity contribution in [1.29, 1.82) is 0 Å². The summed E-state index contributed by atoms with van der Waals surface area (Å²) in [6.07, 6.45) is 0.731. The average molecular weight is 215 g/mol. The molecule has 5 heteroatoms. The van der Waals surface area contributed by atoms with Crippen LogP contribution in [-0.2, 0) is 6.42 Å². The maximum atomic E-state index is 5.62. The van der Waals surface area contributed by atoms with Gasteiger partial charge in [0.15, 0.2) is 5.82 Å². The monoisotopic (exact) mass is 215 g/mol. The van der Waals surface area contributed by atoms with Crippen LogP contribution in [0.3, 0.4) is 0 Å². The fraction of sp³-hybridized carbons (Fsp3) is 0.182. The Bertz CT molecular complexity index is 492. The van der Waals surface area contributed by atoms with Crippen molar-refractivity contribution in [3.8, 4) is 11.4 Å². The Morgan fingerprint density at radius 2 is 1.69 bits per heavy atom. The van der Waals surface area contributed by atoms with Crippen LogP contribution in [0.15, 0.2) is 24.3 Å². The molecule has 16 heavy (non-hydrogen) atoms. The van der Waals surface area contributed by atoms with Gasteiger partial charge in [0, 0.05) is 17.7 Å². The number of rotatable bonds is 2. The largest absolute Gasteiger partial charge is 0.399 e. The number of anilines is 2. The topological polar surface area (TPSA) is 90.7 Å². The molecule has 2 rings (SSSR count). The number of aryl methyl sites for hydroxylation is 1. The van der Waals surface area contributed by atoms with Gasteiger partial charge in [-0.1, -0.05) is 6.92 Å². The van der Waals surface area contributed by atoms with Gasteiger partial charge in [0.25, 0.3) is 0 Å². The first kappa shape index (κ1) is 10.4. The molecular weight excluding hydrogens is 202 g/mol. The van der Waals surface area contributed by atoms with E-state index >= 15 is 0 Å². The lowest BCUT2D eigenvalue weighted by Gasteiger charge is -2.03. The summed E-state index contributed by atoms with van der Waals surface area (Å²) in [6.45, 7) is 1.97. The molecule has 4 N–H and O–H groups in total. The lowest BCUT2D eigenvalue weighted by atomic mass is 10.2. The molecule has 5 nitrogen and oxygen atoms in total. The summed E-state index contributed by atoms with van der Waals surface area (Å²) >= 11 is 0. The minimum absolute atomic E-state index is 0.249. The number of hydrogen-bond acceptors (Lipinski definition) is 5. The fourth-order valence-electron chi connectivity index (χ4n) is 1.36. The number of nitrogens with zero attached hydrogens (tertiary/aromatic N) is 3. The Morgan fingerprint density at radius 3 is 2.31 bits per heavy atom. The molecule has 1 aromatic heterocycles. The smallest absolute Gasteiger partial charge is 0.223 e. The maximum Gasteiger partial charge on any atom is 0.223 e. The predicted octanol–water partition coefficient (Wildman–Crippen LogP) is 1.27. The molecule has 0 aliphatic rings. The molecule has 0 bridgehead atoms. The van der Waals surface area contributed by atoms with Crippen LogP contribution >= 0.6 is 0 Å². The molecule has 2 aromatic rings. The van der Waals surface area contributed by atoms with E-state index in [1.807, 2.05) is 19.1 Å². The van der Waals surface area contributed by atoms with E-state index in [0.29, 0.717) is 17.3 Å². The summed E-state index contributed by atoms with van der Waals surface area (Å²) in [5, 5.41) is 0. The van der Waals surface area contributed by atoms with Crippen LogP contribution in [0.25, 0.3) is 11.4 Å². The maximum absolute atomic E-state index is 5.62. The molecule has 0 aliphatic carbocycles. The third-order valence-corrected chi connectivity index (χ3v) is 2.18. The molecule has 82 valence electrons. The van der Waals surface area contributed by atoms with Crippen LogP contribution in [-0.4, -0.2) is 15.0 Å². The van der Waals surface area contributed by atoms with Gasteiger partial charge >= 0.3 is 0 Å². The highest BCUT2D eigenvalue weighted by molar-refractivity contribution is 5.59. The van der Waals surface area contributed by atoms with Crippen molar-refractivity contribution in [1.82, 2.24) is 15.0 Å². The molecule has 0 saturated carbocycles. The lowest BCUT2D eigenvalue weighted by Crippen LogP contribution is -2.04. The molecule has 0 saturated heterocycles. The summed E-state index contributed by atoms with van der Waals surface area (Å²) in [7, 11) is 0. The number of nitrogens with two attached hydrogens (primary N) is 2. The fourth-order valence-corrected chi connectivity index (χ4v) is 1.36. The first-order chi connectivity index (χ1) is 7.69. The Labute approximate surface area is 93.6 Å². The molecule has 0 fully saturated rings. The standard InChI is InChI=1S/C11H13N5/c1-2-9-14-10(16-11(13)15-9)7-3-5-8(12)6-4-7/h3-6H,2,12H2,1H3,(H2,13,14,15,16). The quantitative estimate of drug-likeness (QED) is 0.736. The van der Waals surface area contributed by atoms with Crippen LogP contribution < -0.4 is 11.5 Å². The Kier molecular flexibility index (Phi) is 2.68. The van der Waals surface area contributed by atoms with Crippen molar-refractivity contribution < 1.29 is 0 Å². The van der Waals surface area contributed by atoms with E-state index in [2.05, 4.69) is 15.0 Å². The lowest BCUT2D eigenvalue weighted by molar-refractivity contribution is 0.913. The molecular formula is C11H13N5. The summed E-state index contributed by atoms with van der Waals surface area (Å²) in [5.41, 5.74) is 12.8. The van der Waals surface area contributed by atoms with Gasteiger partial charge in [-0.15, -0.1) is 0 Å². The highest BCUT2D eigenvalue weighted by atomic mass is 15.1. The average Bonchev–Trinajstić information content (AvgIpc) is 2.29. The first-order valence-corrected chi connectivity index (χ1v) is 5.05. The first-order valence-electron chi connectivity index (χ1n) is 5.05. The molecule has 0 unspecified atom stereocenters. The molecule has 0 aliphatic heterocycles.